The van der Waals surface area contributed by atoms with E-state index < -0.39 is 0 Å². The van der Waals surface area contributed by atoms with Gasteiger partial charge in [-0.2, -0.15) is 0 Å². The molecule has 32 heavy (non-hydrogen) atoms. The summed E-state index contributed by atoms with van der Waals surface area (Å²) in [5.74, 6) is 1.73. The molecule has 4 aliphatic rings. The minimum atomic E-state index is -0.366. The summed E-state index contributed by atoms with van der Waals surface area (Å²) in [6.45, 7) is 13.9. The van der Waals surface area contributed by atoms with E-state index in [-0.39, 0.29) is 18.3 Å². The van der Waals surface area contributed by atoms with Crippen molar-refractivity contribution in [2.75, 3.05) is 24.6 Å². The van der Waals surface area contributed by atoms with Gasteiger partial charge in [0.2, 0.25) is 5.88 Å². The van der Waals surface area contributed by atoms with Crippen LogP contribution in [0.15, 0.2) is 36.7 Å². The van der Waals surface area contributed by atoms with Crippen LogP contribution in [-0.2, 0) is 15.9 Å². The maximum absolute atomic E-state index is 6.16. The number of nitrogens with zero attached hydrogens (tertiary/aromatic N) is 4. The number of aromatic nitrogens is 2. The molecule has 0 N–H and O–H groups in total. The molecular weight excluding hydrogens is 403 g/mol. The van der Waals surface area contributed by atoms with Gasteiger partial charge in [-0.05, 0) is 52.7 Å². The van der Waals surface area contributed by atoms with Gasteiger partial charge < -0.3 is 18.9 Å². The Morgan fingerprint density at radius 1 is 1.00 bits per heavy atom. The summed E-state index contributed by atoms with van der Waals surface area (Å²) in [7, 11) is -0.366. The van der Waals surface area contributed by atoms with E-state index in [1.165, 1.54) is 12.0 Å². The van der Waals surface area contributed by atoms with Crippen LogP contribution in [0, 0.1) is 0 Å². The zero-order valence-electron chi connectivity index (χ0n) is 19.7. The summed E-state index contributed by atoms with van der Waals surface area (Å²) in [6, 6.07) is 9.40. The van der Waals surface area contributed by atoms with Crippen LogP contribution in [0.4, 0.5) is 5.82 Å². The third-order valence-electron chi connectivity index (χ3n) is 7.42. The van der Waals surface area contributed by atoms with Crippen LogP contribution < -0.4 is 15.1 Å². The van der Waals surface area contributed by atoms with Gasteiger partial charge in [0.05, 0.1) is 17.8 Å². The van der Waals surface area contributed by atoms with E-state index >= 15 is 0 Å². The molecule has 0 spiro atoms. The molecule has 4 aliphatic heterocycles. The molecule has 4 saturated heterocycles. The van der Waals surface area contributed by atoms with Crippen molar-refractivity contribution in [3.8, 4) is 5.88 Å². The first kappa shape index (κ1) is 21.7. The fourth-order valence-electron chi connectivity index (χ4n) is 4.78. The molecule has 0 saturated carbocycles. The van der Waals surface area contributed by atoms with Gasteiger partial charge >= 0.3 is 7.12 Å². The lowest BCUT2D eigenvalue weighted by molar-refractivity contribution is -0.00877. The normalized spacial score (nSPS) is 26.2. The molecule has 7 nitrogen and oxygen atoms in total. The van der Waals surface area contributed by atoms with Crippen molar-refractivity contribution in [1.82, 2.24) is 14.9 Å². The number of rotatable bonds is 6. The monoisotopic (exact) mass is 436 g/mol. The van der Waals surface area contributed by atoms with Crippen molar-refractivity contribution < 1.29 is 14.0 Å². The first-order chi connectivity index (χ1) is 15.3. The van der Waals surface area contributed by atoms with Gasteiger partial charge in [0.1, 0.15) is 5.82 Å². The Labute approximate surface area is 191 Å². The van der Waals surface area contributed by atoms with Crippen LogP contribution in [0.1, 0.15) is 46.6 Å². The van der Waals surface area contributed by atoms with E-state index in [0.717, 1.165) is 30.9 Å². The Morgan fingerprint density at radius 3 is 2.28 bits per heavy atom. The van der Waals surface area contributed by atoms with Gasteiger partial charge in [0.25, 0.3) is 0 Å². The maximum Gasteiger partial charge on any atom is 0.496 e. The minimum Gasteiger partial charge on any atom is -0.478 e. The van der Waals surface area contributed by atoms with Crippen molar-refractivity contribution in [2.45, 2.75) is 70.9 Å². The highest BCUT2D eigenvalue weighted by Gasteiger charge is 2.52. The summed E-state index contributed by atoms with van der Waals surface area (Å²) < 4.78 is 17.8. The summed E-state index contributed by atoms with van der Waals surface area (Å²) >= 11 is 0. The van der Waals surface area contributed by atoms with Gasteiger partial charge in [-0.1, -0.05) is 12.1 Å². The molecule has 6 heterocycles. The molecule has 2 aromatic rings. The Kier molecular flexibility index (Phi) is 5.43. The lowest BCUT2D eigenvalue weighted by atomic mass is 9.80. The average molecular weight is 436 g/mol. The van der Waals surface area contributed by atoms with Crippen LogP contribution in [0.2, 0.25) is 0 Å². The summed E-state index contributed by atoms with van der Waals surface area (Å²) in [5, 5.41) is 0. The molecule has 0 aromatic carbocycles. The molecule has 8 heteroatoms. The fraction of sp³-hybridized carbons (Fsp3) is 0.583. The second-order valence-corrected chi connectivity index (χ2v) is 10.1. The number of anilines is 1. The average Bonchev–Trinajstić information content (AvgIpc) is 3.00. The lowest BCUT2D eigenvalue weighted by Crippen LogP contribution is -2.68. The highest BCUT2D eigenvalue weighted by Crippen LogP contribution is 2.37. The van der Waals surface area contributed by atoms with Crippen molar-refractivity contribution in [2.24, 2.45) is 0 Å². The second kappa shape index (κ2) is 8.01. The molecule has 2 bridgehead atoms. The molecular formula is C24H33BN4O3. The summed E-state index contributed by atoms with van der Waals surface area (Å²) in [6.07, 6.45) is 5.10. The predicted octanol–water partition coefficient (Wildman–Crippen LogP) is 2.64. The molecule has 4 fully saturated rings. The van der Waals surface area contributed by atoms with Crippen LogP contribution in [0.25, 0.3) is 0 Å². The van der Waals surface area contributed by atoms with Crippen molar-refractivity contribution in [1.29, 1.82) is 0 Å². The number of piperazine rings is 1. The number of hydrogen-bond acceptors (Lipinski definition) is 7. The fourth-order valence-corrected chi connectivity index (χ4v) is 4.78. The van der Waals surface area contributed by atoms with Gasteiger partial charge in [-0.25, -0.2) is 9.97 Å². The molecule has 2 atom stereocenters. The largest absolute Gasteiger partial charge is 0.496 e. The Morgan fingerprint density at radius 2 is 1.72 bits per heavy atom. The number of piperidine rings is 1. The SMILES string of the molecule is CCOc1ccc(CN2C3CC2CN(c2ccc(B4OC(C)(C)C(C)(C)O4)cn2)C3)cn1. The summed E-state index contributed by atoms with van der Waals surface area (Å²) in [4.78, 5) is 14.2. The smallest absolute Gasteiger partial charge is 0.478 e. The third-order valence-corrected chi connectivity index (χ3v) is 7.42. The van der Waals surface area contributed by atoms with E-state index in [0.29, 0.717) is 24.6 Å². The van der Waals surface area contributed by atoms with Crippen LogP contribution >= 0.6 is 0 Å². The number of hydrogen-bond donors (Lipinski definition) is 0. The van der Waals surface area contributed by atoms with E-state index in [1.807, 2.05) is 25.4 Å². The summed E-state index contributed by atoms with van der Waals surface area (Å²) in [5.41, 5.74) is 1.53. The highest BCUT2D eigenvalue weighted by molar-refractivity contribution is 6.62. The molecule has 0 aliphatic carbocycles. The quantitative estimate of drug-likeness (QED) is 0.646. The van der Waals surface area contributed by atoms with Crippen LogP contribution in [0.3, 0.4) is 0 Å². The van der Waals surface area contributed by atoms with E-state index in [4.69, 9.17) is 19.0 Å². The van der Waals surface area contributed by atoms with Gasteiger partial charge in [0.15, 0.2) is 0 Å². The molecule has 6 rings (SSSR count). The number of fused-ring (bicyclic) bond motifs is 2. The van der Waals surface area contributed by atoms with E-state index in [2.05, 4.69) is 60.7 Å². The Hall–Kier alpha value is -2.16. The number of pyridine rings is 2. The molecule has 2 aromatic heterocycles. The third kappa shape index (κ3) is 3.89. The minimum absolute atomic E-state index is 0.340. The molecule has 2 unspecified atom stereocenters. The lowest BCUT2D eigenvalue weighted by Gasteiger charge is -2.56. The topological polar surface area (TPSA) is 60.0 Å². The Balaban J connectivity index is 1.19. The van der Waals surface area contributed by atoms with E-state index in [1.54, 1.807) is 0 Å². The molecule has 170 valence electrons. The predicted molar refractivity (Wildman–Crippen MR) is 125 cm³/mol. The standard InChI is InChI=1S/C24H33BN4O3/c1-6-30-22-10-7-17(12-27-22)14-29-19-11-20(29)16-28(15-19)21-9-8-18(13-26-21)25-31-23(2,3)24(4,5)32-25/h7-10,12-13,19-20H,6,11,14-16H2,1-5H3. The highest BCUT2D eigenvalue weighted by atomic mass is 16.7. The molecule has 0 radical (unpaired) electrons. The van der Waals surface area contributed by atoms with Gasteiger partial charge in [-0.3, -0.25) is 4.90 Å². The van der Waals surface area contributed by atoms with Crippen molar-refractivity contribution in [3.05, 3.63) is 42.2 Å². The first-order valence-corrected chi connectivity index (χ1v) is 11.7. The van der Waals surface area contributed by atoms with Crippen molar-refractivity contribution in [3.63, 3.8) is 0 Å². The van der Waals surface area contributed by atoms with Crippen LogP contribution in [-0.4, -0.2) is 65.0 Å². The van der Waals surface area contributed by atoms with E-state index in [9.17, 15) is 0 Å². The zero-order chi connectivity index (χ0) is 22.5. The second-order valence-electron chi connectivity index (χ2n) is 10.1. The van der Waals surface area contributed by atoms with Crippen LogP contribution in [0.5, 0.6) is 5.88 Å². The Bertz CT molecular complexity index is 923. The van der Waals surface area contributed by atoms with Gasteiger partial charge in [0, 0.05) is 55.6 Å². The number of ether oxygens (including phenoxy) is 1. The maximum atomic E-state index is 6.16. The van der Waals surface area contributed by atoms with Gasteiger partial charge in [-0.15, -0.1) is 0 Å². The zero-order valence-corrected chi connectivity index (χ0v) is 19.7. The van der Waals surface area contributed by atoms with Crippen molar-refractivity contribution >= 4 is 18.4 Å². The molecule has 0 amide bonds. The first-order valence-electron chi connectivity index (χ1n) is 11.7.